The Kier molecular flexibility index (Phi) is 4.95. The van der Waals surface area contributed by atoms with Crippen molar-refractivity contribution in [1.82, 2.24) is 4.98 Å². The molecule has 108 valence electrons. The van der Waals surface area contributed by atoms with Crippen LogP contribution in [-0.2, 0) is 4.79 Å². The van der Waals surface area contributed by atoms with Crippen molar-refractivity contribution >= 4 is 57.6 Å². The number of amides is 1. The lowest BCUT2D eigenvalue weighted by Crippen LogP contribution is -2.08. The molecule has 0 spiro atoms. The van der Waals surface area contributed by atoms with Crippen LogP contribution in [0.15, 0.2) is 29.7 Å². The number of carbonyl (C=O) groups excluding carboxylic acids is 1. The number of benzene rings is 1. The molecule has 21 heavy (non-hydrogen) atoms. The normalized spacial score (nSPS) is 10.8. The molecular formula is C13H8Cl2N2O3S. The van der Waals surface area contributed by atoms with E-state index in [0.717, 1.165) is 11.3 Å². The number of hydrogen-bond acceptors (Lipinski definition) is 4. The zero-order valence-electron chi connectivity index (χ0n) is 10.3. The molecule has 0 aliphatic heterocycles. The number of anilines is 1. The predicted molar refractivity (Wildman–Crippen MR) is 83.2 cm³/mol. The Labute approximate surface area is 133 Å². The number of aromatic nitrogens is 1. The van der Waals surface area contributed by atoms with Crippen LogP contribution < -0.4 is 5.32 Å². The molecule has 0 radical (unpaired) electrons. The first-order valence-corrected chi connectivity index (χ1v) is 7.22. The lowest BCUT2D eigenvalue weighted by atomic mass is 10.2. The minimum Gasteiger partial charge on any atom is -0.476 e. The van der Waals surface area contributed by atoms with Gasteiger partial charge in [0.25, 0.3) is 0 Å². The topological polar surface area (TPSA) is 79.3 Å². The number of rotatable bonds is 4. The van der Waals surface area contributed by atoms with Gasteiger partial charge in [0.15, 0.2) is 10.8 Å². The van der Waals surface area contributed by atoms with Crippen LogP contribution in [-0.4, -0.2) is 22.0 Å². The van der Waals surface area contributed by atoms with Crippen molar-refractivity contribution in [3.8, 4) is 0 Å². The van der Waals surface area contributed by atoms with Gasteiger partial charge < -0.3 is 5.11 Å². The van der Waals surface area contributed by atoms with Gasteiger partial charge in [-0.3, -0.25) is 10.1 Å². The van der Waals surface area contributed by atoms with Crippen molar-refractivity contribution in [2.75, 3.05) is 5.32 Å². The Morgan fingerprint density at radius 2 is 2.10 bits per heavy atom. The van der Waals surface area contributed by atoms with E-state index in [0.29, 0.717) is 15.6 Å². The van der Waals surface area contributed by atoms with Crippen molar-refractivity contribution in [1.29, 1.82) is 0 Å². The highest BCUT2D eigenvalue weighted by Crippen LogP contribution is 2.22. The van der Waals surface area contributed by atoms with Crippen LogP contribution in [0.4, 0.5) is 5.13 Å². The fraction of sp³-hybridized carbons (Fsp3) is 0. The Morgan fingerprint density at radius 1 is 1.33 bits per heavy atom. The smallest absolute Gasteiger partial charge is 0.355 e. The van der Waals surface area contributed by atoms with E-state index >= 15 is 0 Å². The molecule has 8 heteroatoms. The molecule has 2 N–H and O–H groups in total. The number of hydrogen-bond donors (Lipinski definition) is 2. The standard InChI is InChI=1S/C13H8Cl2N2O3S/c14-8-3-1-7(9(15)5-8)2-4-11(18)17-13-16-10(6-21-13)12(19)20/h1-6H,(H,19,20)(H,16,17,18)/b4-2+. The summed E-state index contributed by atoms with van der Waals surface area (Å²) >= 11 is 12.8. The van der Waals surface area contributed by atoms with E-state index < -0.39 is 11.9 Å². The zero-order valence-corrected chi connectivity index (χ0v) is 12.7. The van der Waals surface area contributed by atoms with Crippen molar-refractivity contribution in [3.63, 3.8) is 0 Å². The summed E-state index contributed by atoms with van der Waals surface area (Å²) in [5, 5.41) is 13.7. The highest BCUT2D eigenvalue weighted by Gasteiger charge is 2.09. The summed E-state index contributed by atoms with van der Waals surface area (Å²) in [7, 11) is 0. The van der Waals surface area contributed by atoms with Gasteiger partial charge in [-0.1, -0.05) is 29.3 Å². The number of carboxylic acid groups (broad SMARTS) is 1. The molecule has 0 aliphatic carbocycles. The monoisotopic (exact) mass is 342 g/mol. The van der Waals surface area contributed by atoms with E-state index in [1.807, 2.05) is 0 Å². The minimum absolute atomic E-state index is 0.111. The average molecular weight is 343 g/mol. The van der Waals surface area contributed by atoms with Crippen LogP contribution in [0, 0.1) is 0 Å². The maximum Gasteiger partial charge on any atom is 0.355 e. The second-order valence-corrected chi connectivity index (χ2v) is 5.53. The number of thiazole rings is 1. The molecule has 0 saturated heterocycles. The lowest BCUT2D eigenvalue weighted by molar-refractivity contribution is -0.111. The Balaban J connectivity index is 2.03. The maximum absolute atomic E-state index is 11.7. The first-order valence-electron chi connectivity index (χ1n) is 5.58. The molecular weight excluding hydrogens is 335 g/mol. The summed E-state index contributed by atoms with van der Waals surface area (Å²) in [6.07, 6.45) is 2.80. The van der Waals surface area contributed by atoms with Crippen molar-refractivity contribution in [2.24, 2.45) is 0 Å². The molecule has 0 bridgehead atoms. The molecule has 1 aromatic heterocycles. The summed E-state index contributed by atoms with van der Waals surface area (Å²) < 4.78 is 0. The maximum atomic E-state index is 11.7. The number of carbonyl (C=O) groups is 2. The molecule has 0 unspecified atom stereocenters. The van der Waals surface area contributed by atoms with Crippen LogP contribution in [0.2, 0.25) is 10.0 Å². The van der Waals surface area contributed by atoms with Crippen LogP contribution >= 0.6 is 34.5 Å². The van der Waals surface area contributed by atoms with Crippen LogP contribution in [0.3, 0.4) is 0 Å². The Bertz CT molecular complexity index is 728. The fourth-order valence-corrected chi connectivity index (χ4v) is 2.54. The van der Waals surface area contributed by atoms with Gasteiger partial charge in [0.1, 0.15) is 0 Å². The predicted octanol–water partition coefficient (Wildman–Crippen LogP) is 3.80. The summed E-state index contributed by atoms with van der Waals surface area (Å²) in [6.45, 7) is 0. The van der Waals surface area contributed by atoms with Crippen molar-refractivity contribution in [3.05, 3.63) is 51.0 Å². The third kappa shape index (κ3) is 4.29. The summed E-state index contributed by atoms with van der Waals surface area (Å²) in [5.41, 5.74) is 0.529. The van der Waals surface area contributed by atoms with Crippen LogP contribution in [0.1, 0.15) is 16.1 Å². The van der Waals surface area contributed by atoms with Gasteiger partial charge >= 0.3 is 5.97 Å². The van der Waals surface area contributed by atoms with Crippen molar-refractivity contribution < 1.29 is 14.7 Å². The van der Waals surface area contributed by atoms with Crippen LogP contribution in [0.25, 0.3) is 6.08 Å². The van der Waals surface area contributed by atoms with E-state index in [2.05, 4.69) is 10.3 Å². The SMILES string of the molecule is O=C(/C=C/c1ccc(Cl)cc1Cl)Nc1nc(C(=O)O)cs1. The molecule has 0 atom stereocenters. The lowest BCUT2D eigenvalue weighted by Gasteiger charge is -1.99. The second-order valence-electron chi connectivity index (χ2n) is 3.83. The number of halogens is 2. The molecule has 1 heterocycles. The van der Waals surface area contributed by atoms with E-state index in [9.17, 15) is 9.59 Å². The molecule has 1 aromatic carbocycles. The highest BCUT2D eigenvalue weighted by atomic mass is 35.5. The quantitative estimate of drug-likeness (QED) is 0.828. The first-order chi connectivity index (χ1) is 9.95. The number of nitrogens with zero attached hydrogens (tertiary/aromatic N) is 1. The van der Waals surface area contributed by atoms with E-state index in [1.54, 1.807) is 18.2 Å². The Morgan fingerprint density at radius 3 is 2.71 bits per heavy atom. The van der Waals surface area contributed by atoms with E-state index in [1.165, 1.54) is 17.5 Å². The van der Waals surface area contributed by atoms with Gasteiger partial charge in [-0.05, 0) is 23.8 Å². The fourth-order valence-electron chi connectivity index (χ4n) is 1.38. The largest absolute Gasteiger partial charge is 0.476 e. The summed E-state index contributed by atoms with van der Waals surface area (Å²) in [4.78, 5) is 26.1. The van der Waals surface area contributed by atoms with Crippen LogP contribution in [0.5, 0.6) is 0 Å². The summed E-state index contributed by atoms with van der Waals surface area (Å²) in [6, 6.07) is 4.91. The van der Waals surface area contributed by atoms with Crippen molar-refractivity contribution in [2.45, 2.75) is 0 Å². The molecule has 0 saturated carbocycles. The van der Waals surface area contributed by atoms with Gasteiger partial charge in [-0.15, -0.1) is 11.3 Å². The van der Waals surface area contributed by atoms with Gasteiger partial charge in [0, 0.05) is 21.5 Å². The molecule has 0 fully saturated rings. The first kappa shape index (κ1) is 15.5. The molecule has 5 nitrogen and oxygen atoms in total. The van der Waals surface area contributed by atoms with Gasteiger partial charge in [0.05, 0.1) is 0 Å². The number of aromatic carboxylic acids is 1. The molecule has 0 aliphatic rings. The second kappa shape index (κ2) is 6.71. The minimum atomic E-state index is -1.14. The molecule has 2 aromatic rings. The highest BCUT2D eigenvalue weighted by molar-refractivity contribution is 7.14. The van der Waals surface area contributed by atoms with E-state index in [4.69, 9.17) is 28.3 Å². The van der Waals surface area contributed by atoms with Gasteiger partial charge in [-0.2, -0.15) is 0 Å². The zero-order chi connectivity index (χ0) is 15.4. The van der Waals surface area contributed by atoms with E-state index in [-0.39, 0.29) is 10.8 Å². The third-order valence-electron chi connectivity index (χ3n) is 2.33. The molecule has 2 rings (SSSR count). The van der Waals surface area contributed by atoms with Gasteiger partial charge in [0.2, 0.25) is 5.91 Å². The number of nitrogens with one attached hydrogen (secondary N) is 1. The summed E-state index contributed by atoms with van der Waals surface area (Å²) in [5.74, 6) is -1.58. The third-order valence-corrected chi connectivity index (χ3v) is 3.65. The Hall–Kier alpha value is -1.89. The number of carboxylic acids is 1. The average Bonchev–Trinajstić information content (AvgIpc) is 2.86. The molecule has 1 amide bonds. The van der Waals surface area contributed by atoms with Gasteiger partial charge in [-0.25, -0.2) is 9.78 Å².